The molecule has 0 radical (unpaired) electrons. The minimum atomic E-state index is -0.911. The fourth-order valence-electron chi connectivity index (χ4n) is 3.29. The summed E-state index contributed by atoms with van der Waals surface area (Å²) < 4.78 is 2.01. The Balaban J connectivity index is 1.82. The molecule has 1 N–H and O–H groups in total. The summed E-state index contributed by atoms with van der Waals surface area (Å²) in [4.78, 5) is 16.2. The SMILES string of the molecule is CCCCc1nc(CCC)nn1Cc1ccc(-c2ccccc2C(=O)O)cc1. The molecule has 5 heteroatoms. The Hall–Kier alpha value is -2.95. The second-order valence-electron chi connectivity index (χ2n) is 7.00. The van der Waals surface area contributed by atoms with E-state index < -0.39 is 5.97 Å². The molecule has 0 bridgehead atoms. The number of hydrogen-bond acceptors (Lipinski definition) is 3. The zero-order chi connectivity index (χ0) is 19.9. The summed E-state index contributed by atoms with van der Waals surface area (Å²) in [7, 11) is 0. The summed E-state index contributed by atoms with van der Waals surface area (Å²) >= 11 is 0. The van der Waals surface area contributed by atoms with Crippen molar-refractivity contribution in [2.24, 2.45) is 0 Å². The number of rotatable bonds is 9. The van der Waals surface area contributed by atoms with Gasteiger partial charge in [-0.3, -0.25) is 0 Å². The maximum Gasteiger partial charge on any atom is 0.336 e. The Bertz CT molecular complexity index is 929. The lowest BCUT2D eigenvalue weighted by Gasteiger charge is -2.09. The van der Waals surface area contributed by atoms with E-state index in [1.807, 2.05) is 41.1 Å². The van der Waals surface area contributed by atoms with E-state index in [0.29, 0.717) is 12.1 Å². The predicted octanol–water partition coefficient (Wildman–Crippen LogP) is 4.99. The first-order chi connectivity index (χ1) is 13.6. The molecule has 146 valence electrons. The molecule has 0 amide bonds. The average molecular weight is 377 g/mol. The van der Waals surface area contributed by atoms with Gasteiger partial charge < -0.3 is 5.11 Å². The van der Waals surface area contributed by atoms with Gasteiger partial charge in [-0.1, -0.05) is 62.7 Å². The van der Waals surface area contributed by atoms with Crippen molar-refractivity contribution >= 4 is 5.97 Å². The van der Waals surface area contributed by atoms with Crippen molar-refractivity contribution in [1.29, 1.82) is 0 Å². The molecule has 28 heavy (non-hydrogen) atoms. The van der Waals surface area contributed by atoms with E-state index in [2.05, 4.69) is 13.8 Å². The predicted molar refractivity (Wildman–Crippen MR) is 111 cm³/mol. The van der Waals surface area contributed by atoms with Crippen LogP contribution in [0.15, 0.2) is 48.5 Å². The highest BCUT2D eigenvalue weighted by atomic mass is 16.4. The fourth-order valence-corrected chi connectivity index (χ4v) is 3.29. The van der Waals surface area contributed by atoms with Crippen molar-refractivity contribution in [3.8, 4) is 11.1 Å². The molecule has 0 fully saturated rings. The Morgan fingerprint density at radius 2 is 1.75 bits per heavy atom. The maximum atomic E-state index is 11.5. The second-order valence-corrected chi connectivity index (χ2v) is 7.00. The second kappa shape index (κ2) is 9.31. The van der Waals surface area contributed by atoms with Crippen LogP contribution in [0.5, 0.6) is 0 Å². The lowest BCUT2D eigenvalue weighted by Crippen LogP contribution is -2.07. The molecule has 0 spiro atoms. The topological polar surface area (TPSA) is 68.0 Å². The highest BCUT2D eigenvalue weighted by molar-refractivity contribution is 5.95. The van der Waals surface area contributed by atoms with Crippen LogP contribution >= 0.6 is 0 Å². The molecular formula is C23H27N3O2. The molecule has 2 aromatic carbocycles. The van der Waals surface area contributed by atoms with Crippen LogP contribution in [0.2, 0.25) is 0 Å². The summed E-state index contributed by atoms with van der Waals surface area (Å²) in [6.45, 7) is 5.00. The zero-order valence-corrected chi connectivity index (χ0v) is 16.6. The number of nitrogens with zero attached hydrogens (tertiary/aromatic N) is 3. The van der Waals surface area contributed by atoms with Gasteiger partial charge in [0.05, 0.1) is 12.1 Å². The largest absolute Gasteiger partial charge is 0.478 e. The molecule has 0 saturated heterocycles. The molecule has 0 unspecified atom stereocenters. The van der Waals surface area contributed by atoms with Gasteiger partial charge >= 0.3 is 5.97 Å². The number of aryl methyl sites for hydroxylation is 2. The molecule has 0 aliphatic rings. The van der Waals surface area contributed by atoms with Gasteiger partial charge in [0.2, 0.25) is 0 Å². The van der Waals surface area contributed by atoms with Gasteiger partial charge in [0, 0.05) is 12.8 Å². The molecule has 0 saturated carbocycles. The third kappa shape index (κ3) is 4.66. The summed E-state index contributed by atoms with van der Waals surface area (Å²) in [5.41, 5.74) is 3.08. The van der Waals surface area contributed by atoms with Crippen LogP contribution in [0.3, 0.4) is 0 Å². The molecular weight excluding hydrogens is 350 g/mol. The first-order valence-corrected chi connectivity index (χ1v) is 9.96. The lowest BCUT2D eigenvalue weighted by atomic mass is 9.99. The van der Waals surface area contributed by atoms with E-state index in [4.69, 9.17) is 10.1 Å². The van der Waals surface area contributed by atoms with E-state index in [1.165, 1.54) is 0 Å². The van der Waals surface area contributed by atoms with Crippen molar-refractivity contribution in [2.45, 2.75) is 52.5 Å². The van der Waals surface area contributed by atoms with Gasteiger partial charge in [-0.15, -0.1) is 0 Å². The molecule has 3 aromatic rings. The first-order valence-electron chi connectivity index (χ1n) is 9.96. The Morgan fingerprint density at radius 1 is 1.00 bits per heavy atom. The minimum Gasteiger partial charge on any atom is -0.478 e. The highest BCUT2D eigenvalue weighted by Crippen LogP contribution is 2.24. The molecule has 3 rings (SSSR count). The minimum absolute atomic E-state index is 0.317. The van der Waals surface area contributed by atoms with E-state index in [-0.39, 0.29) is 0 Å². The highest BCUT2D eigenvalue weighted by Gasteiger charge is 2.12. The number of carbonyl (C=O) groups is 1. The number of aromatic carboxylic acids is 1. The summed E-state index contributed by atoms with van der Waals surface area (Å²) in [6.07, 6.45) is 5.12. The Labute approximate surface area is 166 Å². The molecule has 1 aromatic heterocycles. The number of benzene rings is 2. The van der Waals surface area contributed by atoms with Crippen molar-refractivity contribution in [3.05, 3.63) is 71.3 Å². The van der Waals surface area contributed by atoms with Crippen LogP contribution in [0.25, 0.3) is 11.1 Å². The van der Waals surface area contributed by atoms with E-state index in [1.54, 1.807) is 12.1 Å². The number of hydrogen-bond donors (Lipinski definition) is 1. The number of aromatic nitrogens is 3. The van der Waals surface area contributed by atoms with E-state index >= 15 is 0 Å². The van der Waals surface area contributed by atoms with Crippen LogP contribution < -0.4 is 0 Å². The zero-order valence-electron chi connectivity index (χ0n) is 16.6. The lowest BCUT2D eigenvalue weighted by molar-refractivity contribution is 0.0697. The van der Waals surface area contributed by atoms with Crippen molar-refractivity contribution in [3.63, 3.8) is 0 Å². The monoisotopic (exact) mass is 377 g/mol. The Morgan fingerprint density at radius 3 is 2.43 bits per heavy atom. The molecule has 1 heterocycles. The van der Waals surface area contributed by atoms with Gasteiger partial charge in [0.15, 0.2) is 5.82 Å². The van der Waals surface area contributed by atoms with Gasteiger partial charge in [-0.2, -0.15) is 5.10 Å². The summed E-state index contributed by atoms with van der Waals surface area (Å²) in [5, 5.41) is 14.1. The van der Waals surface area contributed by atoms with Crippen molar-refractivity contribution in [2.75, 3.05) is 0 Å². The third-order valence-electron chi connectivity index (χ3n) is 4.77. The summed E-state index contributed by atoms with van der Waals surface area (Å²) in [5.74, 6) is 1.05. The average Bonchev–Trinajstić information content (AvgIpc) is 3.08. The first kappa shape index (κ1) is 19.8. The van der Waals surface area contributed by atoms with Crippen LogP contribution in [-0.4, -0.2) is 25.8 Å². The molecule has 5 nitrogen and oxygen atoms in total. The standard InChI is InChI=1S/C23H27N3O2/c1-3-5-11-22-24-21(8-4-2)25-26(22)16-17-12-14-18(15-13-17)19-9-6-7-10-20(19)23(27)28/h6-7,9-10,12-15H,3-5,8,11,16H2,1-2H3,(H,27,28). The third-order valence-corrected chi connectivity index (χ3v) is 4.77. The van der Waals surface area contributed by atoms with E-state index in [9.17, 15) is 9.90 Å². The van der Waals surface area contributed by atoms with Gasteiger partial charge in [0.25, 0.3) is 0 Å². The van der Waals surface area contributed by atoms with Crippen LogP contribution in [0.1, 0.15) is 60.7 Å². The smallest absolute Gasteiger partial charge is 0.336 e. The normalized spacial score (nSPS) is 10.9. The maximum absolute atomic E-state index is 11.5. The van der Waals surface area contributed by atoms with Crippen LogP contribution in [-0.2, 0) is 19.4 Å². The quantitative estimate of drug-likeness (QED) is 0.571. The molecule has 0 aliphatic heterocycles. The van der Waals surface area contributed by atoms with Gasteiger partial charge in [-0.05, 0) is 35.6 Å². The Kier molecular flexibility index (Phi) is 6.58. The number of carboxylic acid groups (broad SMARTS) is 1. The fraction of sp³-hybridized carbons (Fsp3) is 0.348. The molecule has 0 atom stereocenters. The number of unbranched alkanes of at least 4 members (excludes halogenated alkanes) is 1. The van der Waals surface area contributed by atoms with Crippen LogP contribution in [0.4, 0.5) is 0 Å². The van der Waals surface area contributed by atoms with Crippen molar-refractivity contribution in [1.82, 2.24) is 14.8 Å². The molecule has 0 aliphatic carbocycles. The van der Waals surface area contributed by atoms with Gasteiger partial charge in [0.1, 0.15) is 5.82 Å². The summed E-state index contributed by atoms with van der Waals surface area (Å²) in [6, 6.07) is 15.1. The van der Waals surface area contributed by atoms with Gasteiger partial charge in [-0.25, -0.2) is 14.5 Å². The number of carboxylic acids is 1. The van der Waals surface area contributed by atoms with Crippen molar-refractivity contribution < 1.29 is 9.90 Å². The van der Waals surface area contributed by atoms with Crippen LogP contribution in [0, 0.1) is 0 Å². The van der Waals surface area contributed by atoms with E-state index in [0.717, 1.165) is 60.4 Å².